The fraction of sp³-hybridized carbons (Fsp3) is 0.700. The highest BCUT2D eigenvalue weighted by atomic mass is 16.7. The van der Waals surface area contributed by atoms with Crippen molar-refractivity contribution < 1.29 is 14.3 Å². The van der Waals surface area contributed by atoms with E-state index in [1.54, 1.807) is 0 Å². The highest BCUT2D eigenvalue weighted by Gasteiger charge is 2.36. The fourth-order valence-electron chi connectivity index (χ4n) is 1.35. The lowest BCUT2D eigenvalue weighted by molar-refractivity contribution is -0.224. The second-order valence-electron chi connectivity index (χ2n) is 3.11. The van der Waals surface area contributed by atoms with E-state index in [9.17, 15) is 4.79 Å². The number of rotatable bonds is 3. The van der Waals surface area contributed by atoms with E-state index in [0.29, 0.717) is 12.8 Å². The highest BCUT2D eigenvalue weighted by molar-refractivity contribution is 5.83. The lowest BCUT2D eigenvalue weighted by atomic mass is 10.1. The van der Waals surface area contributed by atoms with Crippen molar-refractivity contribution in [2.75, 3.05) is 0 Å². The van der Waals surface area contributed by atoms with Gasteiger partial charge in [-0.2, -0.15) is 0 Å². The number of carbonyl (C=O) groups is 1. The van der Waals surface area contributed by atoms with E-state index in [-0.39, 0.29) is 5.97 Å². The lowest BCUT2D eigenvalue weighted by Gasteiger charge is -2.35. The largest absolute Gasteiger partial charge is 0.456 e. The molecule has 13 heavy (non-hydrogen) atoms. The second-order valence-corrected chi connectivity index (χ2v) is 3.11. The molecular weight excluding hydrogens is 168 g/mol. The third-order valence-electron chi connectivity index (χ3n) is 2.31. The van der Waals surface area contributed by atoms with E-state index in [0.717, 1.165) is 12.2 Å². The molecule has 3 heteroatoms. The van der Waals surface area contributed by atoms with Gasteiger partial charge in [0.15, 0.2) is 0 Å². The Morgan fingerprint density at radius 2 is 1.85 bits per heavy atom. The van der Waals surface area contributed by atoms with Crippen LogP contribution >= 0.6 is 0 Å². The molecule has 1 rings (SSSR count). The fourth-order valence-corrected chi connectivity index (χ4v) is 1.35. The van der Waals surface area contributed by atoms with Crippen molar-refractivity contribution in [3.05, 3.63) is 11.8 Å². The van der Waals surface area contributed by atoms with Crippen LogP contribution in [0.5, 0.6) is 0 Å². The summed E-state index contributed by atoms with van der Waals surface area (Å²) in [5.41, 5.74) is 0. The quantitative estimate of drug-likeness (QED) is 0.632. The molecule has 0 fully saturated rings. The summed E-state index contributed by atoms with van der Waals surface area (Å²) in [6.45, 7) is 5.87. The molecule has 0 amide bonds. The van der Waals surface area contributed by atoms with Crippen LogP contribution in [-0.4, -0.2) is 11.8 Å². The third kappa shape index (κ3) is 2.02. The summed E-state index contributed by atoms with van der Waals surface area (Å²) in [6, 6.07) is 0. The maximum absolute atomic E-state index is 11.2. The zero-order chi connectivity index (χ0) is 9.90. The molecule has 0 radical (unpaired) electrons. The SMILES string of the molecule is CCC1=CC(=O)OC(CC)(CC)O1. The predicted octanol–water partition coefficient (Wildman–Crippen LogP) is 2.37. The third-order valence-corrected chi connectivity index (χ3v) is 2.31. The van der Waals surface area contributed by atoms with Gasteiger partial charge in [-0.25, -0.2) is 4.79 Å². The summed E-state index contributed by atoms with van der Waals surface area (Å²) < 4.78 is 10.8. The maximum atomic E-state index is 11.2. The molecule has 74 valence electrons. The van der Waals surface area contributed by atoms with Gasteiger partial charge in [0.1, 0.15) is 5.76 Å². The first kappa shape index (κ1) is 10.1. The number of carbonyl (C=O) groups excluding carboxylic acids is 1. The number of allylic oxidation sites excluding steroid dienone is 1. The Morgan fingerprint density at radius 3 is 2.31 bits per heavy atom. The van der Waals surface area contributed by atoms with Gasteiger partial charge in [-0.3, -0.25) is 0 Å². The van der Waals surface area contributed by atoms with Crippen molar-refractivity contribution in [2.45, 2.75) is 45.8 Å². The van der Waals surface area contributed by atoms with E-state index in [1.165, 1.54) is 6.08 Å². The number of ether oxygens (including phenoxy) is 2. The summed E-state index contributed by atoms with van der Waals surface area (Å²) >= 11 is 0. The van der Waals surface area contributed by atoms with Crippen molar-refractivity contribution in [3.8, 4) is 0 Å². The zero-order valence-electron chi connectivity index (χ0n) is 8.42. The molecule has 0 aliphatic carbocycles. The van der Waals surface area contributed by atoms with Gasteiger partial charge in [-0.1, -0.05) is 20.8 Å². The predicted molar refractivity (Wildman–Crippen MR) is 48.9 cm³/mol. The van der Waals surface area contributed by atoms with Gasteiger partial charge < -0.3 is 9.47 Å². The molecule has 0 atom stereocenters. The van der Waals surface area contributed by atoms with Crippen LogP contribution in [0.25, 0.3) is 0 Å². The van der Waals surface area contributed by atoms with Crippen molar-refractivity contribution in [1.82, 2.24) is 0 Å². The summed E-state index contributed by atoms with van der Waals surface area (Å²) in [4.78, 5) is 11.2. The Kier molecular flexibility index (Phi) is 2.96. The zero-order valence-corrected chi connectivity index (χ0v) is 8.42. The van der Waals surface area contributed by atoms with Gasteiger partial charge in [0.2, 0.25) is 0 Å². The van der Waals surface area contributed by atoms with Crippen LogP contribution in [0, 0.1) is 0 Å². The molecule has 0 saturated carbocycles. The van der Waals surface area contributed by atoms with E-state index in [4.69, 9.17) is 9.47 Å². The van der Waals surface area contributed by atoms with Crippen molar-refractivity contribution in [3.63, 3.8) is 0 Å². The number of hydrogen-bond donors (Lipinski definition) is 0. The van der Waals surface area contributed by atoms with Crippen LogP contribution in [0.1, 0.15) is 40.0 Å². The van der Waals surface area contributed by atoms with Gasteiger partial charge >= 0.3 is 5.97 Å². The minimum atomic E-state index is -0.711. The Labute approximate surface area is 78.7 Å². The Hall–Kier alpha value is -0.990. The summed E-state index contributed by atoms with van der Waals surface area (Å²) in [6.07, 6.45) is 3.53. The van der Waals surface area contributed by atoms with Gasteiger partial charge in [-0.15, -0.1) is 0 Å². The molecule has 0 aromatic rings. The molecule has 0 aromatic carbocycles. The Bertz CT molecular complexity index is 226. The molecule has 1 aliphatic rings. The van der Waals surface area contributed by atoms with E-state index in [1.807, 2.05) is 20.8 Å². The molecule has 3 nitrogen and oxygen atoms in total. The first-order chi connectivity index (χ1) is 6.15. The van der Waals surface area contributed by atoms with E-state index in [2.05, 4.69) is 0 Å². The Balaban J connectivity index is 2.83. The molecule has 0 spiro atoms. The molecule has 0 saturated heterocycles. The minimum Gasteiger partial charge on any atom is -0.456 e. The second kappa shape index (κ2) is 3.81. The van der Waals surface area contributed by atoms with Gasteiger partial charge in [0.25, 0.3) is 5.79 Å². The standard InChI is InChI=1S/C10H16O3/c1-4-8-7-9(11)13-10(5-2,6-3)12-8/h7H,4-6H2,1-3H3. The summed E-state index contributed by atoms with van der Waals surface area (Å²) in [5, 5.41) is 0. The van der Waals surface area contributed by atoms with Crippen molar-refractivity contribution in [1.29, 1.82) is 0 Å². The number of cyclic esters (lactones) is 1. The molecule has 1 heterocycles. The maximum Gasteiger partial charge on any atom is 0.337 e. The number of hydrogen-bond acceptors (Lipinski definition) is 3. The van der Waals surface area contributed by atoms with Crippen LogP contribution in [0.3, 0.4) is 0 Å². The van der Waals surface area contributed by atoms with Crippen LogP contribution in [-0.2, 0) is 14.3 Å². The van der Waals surface area contributed by atoms with Gasteiger partial charge in [-0.05, 0) is 0 Å². The van der Waals surface area contributed by atoms with E-state index < -0.39 is 5.79 Å². The first-order valence-electron chi connectivity index (χ1n) is 4.78. The van der Waals surface area contributed by atoms with Crippen molar-refractivity contribution in [2.24, 2.45) is 0 Å². The minimum absolute atomic E-state index is 0.285. The lowest BCUT2D eigenvalue weighted by Crippen LogP contribution is -2.39. The monoisotopic (exact) mass is 184 g/mol. The molecule has 0 N–H and O–H groups in total. The molecule has 0 aromatic heterocycles. The molecule has 1 aliphatic heterocycles. The summed E-state index contributed by atoms with van der Waals surface area (Å²) in [5.74, 6) is -0.274. The van der Waals surface area contributed by atoms with Crippen LogP contribution < -0.4 is 0 Å². The Morgan fingerprint density at radius 1 is 1.23 bits per heavy atom. The average Bonchev–Trinajstić information content (AvgIpc) is 2.16. The first-order valence-corrected chi connectivity index (χ1v) is 4.78. The van der Waals surface area contributed by atoms with Crippen LogP contribution in [0.2, 0.25) is 0 Å². The van der Waals surface area contributed by atoms with Gasteiger partial charge in [0, 0.05) is 19.3 Å². The van der Waals surface area contributed by atoms with Crippen LogP contribution in [0.4, 0.5) is 0 Å². The molecular formula is C10H16O3. The topological polar surface area (TPSA) is 35.5 Å². The molecule has 0 unspecified atom stereocenters. The normalized spacial score (nSPS) is 20.2. The van der Waals surface area contributed by atoms with Crippen molar-refractivity contribution >= 4 is 5.97 Å². The highest BCUT2D eigenvalue weighted by Crippen LogP contribution is 2.30. The average molecular weight is 184 g/mol. The molecule has 0 bridgehead atoms. The van der Waals surface area contributed by atoms with Gasteiger partial charge in [0.05, 0.1) is 6.08 Å². The van der Waals surface area contributed by atoms with E-state index >= 15 is 0 Å². The smallest absolute Gasteiger partial charge is 0.337 e. The number of esters is 1. The van der Waals surface area contributed by atoms with Crippen LogP contribution in [0.15, 0.2) is 11.8 Å². The summed E-state index contributed by atoms with van der Waals surface area (Å²) in [7, 11) is 0.